The van der Waals surface area contributed by atoms with E-state index in [2.05, 4.69) is 20.5 Å². The number of rotatable bonds is 4. The van der Waals surface area contributed by atoms with Gasteiger partial charge in [-0.3, -0.25) is 9.89 Å². The summed E-state index contributed by atoms with van der Waals surface area (Å²) in [6, 6.07) is 6.31. The largest absolute Gasteiger partial charge is 0.416 e. The molecule has 1 aliphatic carbocycles. The van der Waals surface area contributed by atoms with E-state index >= 15 is 0 Å². The highest BCUT2D eigenvalue weighted by molar-refractivity contribution is 14.0. The Bertz CT molecular complexity index is 599. The molecule has 3 rings (SSSR count). The number of likely N-dealkylation sites (tertiary alicyclic amines) is 1. The summed E-state index contributed by atoms with van der Waals surface area (Å²) >= 11 is 0. The number of benzene rings is 1. The minimum Gasteiger partial charge on any atom is -0.354 e. The van der Waals surface area contributed by atoms with Crippen LogP contribution in [0.15, 0.2) is 29.3 Å². The van der Waals surface area contributed by atoms with E-state index < -0.39 is 11.7 Å². The Morgan fingerprint density at radius 1 is 1.12 bits per heavy atom. The number of nitrogens with one attached hydrogen (secondary N) is 2. The first-order chi connectivity index (χ1) is 11.9. The summed E-state index contributed by atoms with van der Waals surface area (Å²) in [6.07, 6.45) is 0.409. The van der Waals surface area contributed by atoms with Crippen molar-refractivity contribution >= 4 is 29.9 Å². The third-order valence-corrected chi connectivity index (χ3v) is 4.97. The van der Waals surface area contributed by atoms with Gasteiger partial charge in [-0.05, 0) is 43.4 Å². The second-order valence-corrected chi connectivity index (χ2v) is 6.90. The van der Waals surface area contributed by atoms with Crippen LogP contribution in [0, 0.1) is 0 Å². The average Bonchev–Trinajstić information content (AvgIpc) is 2.96. The van der Waals surface area contributed by atoms with E-state index in [1.807, 2.05) is 0 Å². The van der Waals surface area contributed by atoms with Crippen molar-refractivity contribution in [1.29, 1.82) is 0 Å². The van der Waals surface area contributed by atoms with Crippen molar-refractivity contribution in [1.82, 2.24) is 15.5 Å². The molecule has 146 valence electrons. The lowest BCUT2D eigenvalue weighted by Crippen LogP contribution is -2.50. The molecule has 8 heteroatoms. The zero-order valence-corrected chi connectivity index (χ0v) is 17.2. The molecular weight excluding hydrogens is 456 g/mol. The Morgan fingerprint density at radius 3 is 2.31 bits per heavy atom. The molecule has 0 spiro atoms. The van der Waals surface area contributed by atoms with Crippen molar-refractivity contribution in [3.63, 3.8) is 0 Å². The van der Waals surface area contributed by atoms with Crippen LogP contribution in [0.25, 0.3) is 0 Å². The lowest BCUT2D eigenvalue weighted by Gasteiger charge is -2.29. The van der Waals surface area contributed by atoms with Gasteiger partial charge in [-0.1, -0.05) is 12.1 Å². The van der Waals surface area contributed by atoms with Gasteiger partial charge in [0, 0.05) is 38.8 Å². The fraction of sp³-hybridized carbons (Fsp3) is 0.611. The van der Waals surface area contributed by atoms with E-state index in [-0.39, 0.29) is 24.0 Å². The number of guanidine groups is 1. The van der Waals surface area contributed by atoms with Gasteiger partial charge in [0.25, 0.3) is 0 Å². The zero-order chi connectivity index (χ0) is 17.9. The molecule has 0 amide bonds. The molecule has 2 aliphatic rings. The van der Waals surface area contributed by atoms with Crippen molar-refractivity contribution in [3.8, 4) is 0 Å². The average molecular weight is 482 g/mol. The molecule has 4 nitrogen and oxygen atoms in total. The van der Waals surface area contributed by atoms with E-state index in [9.17, 15) is 13.2 Å². The number of nitrogens with zero attached hydrogens (tertiary/aromatic N) is 2. The maximum atomic E-state index is 12.6. The lowest BCUT2D eigenvalue weighted by atomic mass is 9.93. The number of hydrogen-bond donors (Lipinski definition) is 2. The normalized spacial score (nSPS) is 21.8. The number of hydrogen-bond acceptors (Lipinski definition) is 2. The summed E-state index contributed by atoms with van der Waals surface area (Å²) in [6.45, 7) is 2.47. The van der Waals surface area contributed by atoms with Gasteiger partial charge in [-0.15, -0.1) is 24.0 Å². The second kappa shape index (κ2) is 9.25. The highest BCUT2D eigenvalue weighted by Gasteiger charge is 2.30. The molecule has 0 radical (unpaired) electrons. The minimum absolute atomic E-state index is 0. The van der Waals surface area contributed by atoms with Crippen LogP contribution in [0.2, 0.25) is 0 Å². The summed E-state index contributed by atoms with van der Waals surface area (Å²) < 4.78 is 37.8. The van der Waals surface area contributed by atoms with E-state index in [0.29, 0.717) is 18.6 Å². The molecule has 1 aromatic rings. The third kappa shape index (κ3) is 5.73. The number of aliphatic imine (C=N–C) groups is 1. The highest BCUT2D eigenvalue weighted by Crippen LogP contribution is 2.29. The van der Waals surface area contributed by atoms with E-state index in [1.165, 1.54) is 19.3 Å². The Kier molecular flexibility index (Phi) is 7.57. The Balaban J connectivity index is 0.00000243. The predicted octanol–water partition coefficient (Wildman–Crippen LogP) is 3.62. The van der Waals surface area contributed by atoms with Crippen LogP contribution in [0.3, 0.4) is 0 Å². The molecule has 1 aliphatic heterocycles. The van der Waals surface area contributed by atoms with Crippen LogP contribution in [-0.2, 0) is 12.7 Å². The molecule has 1 saturated carbocycles. The SMILES string of the molecule is CN=C(NC1CCC1)NC1CCN(Cc2ccc(C(F)(F)F)cc2)C1.I. The van der Waals surface area contributed by atoms with Gasteiger partial charge in [-0.25, -0.2) is 0 Å². The van der Waals surface area contributed by atoms with Gasteiger partial charge >= 0.3 is 6.18 Å². The van der Waals surface area contributed by atoms with Crippen LogP contribution >= 0.6 is 24.0 Å². The van der Waals surface area contributed by atoms with E-state index in [1.54, 1.807) is 19.2 Å². The smallest absolute Gasteiger partial charge is 0.354 e. The topological polar surface area (TPSA) is 39.7 Å². The van der Waals surface area contributed by atoms with E-state index in [4.69, 9.17) is 0 Å². The maximum Gasteiger partial charge on any atom is 0.416 e. The van der Waals surface area contributed by atoms with Gasteiger partial charge in [0.2, 0.25) is 0 Å². The fourth-order valence-corrected chi connectivity index (χ4v) is 3.26. The standard InChI is InChI=1S/C18H25F3N4.HI/c1-22-17(23-15-3-2-4-15)24-16-9-10-25(12-16)11-13-5-7-14(8-6-13)18(19,20)21;/h5-8,15-16H,2-4,9-12H2,1H3,(H2,22,23,24);1H. The van der Waals surface area contributed by atoms with Gasteiger partial charge < -0.3 is 10.6 Å². The molecule has 1 aromatic carbocycles. The lowest BCUT2D eigenvalue weighted by molar-refractivity contribution is -0.137. The van der Waals surface area contributed by atoms with Crippen LogP contribution in [-0.4, -0.2) is 43.1 Å². The Hall–Kier alpha value is -1.03. The molecule has 0 aromatic heterocycles. The van der Waals surface area contributed by atoms with Gasteiger partial charge in [0.1, 0.15) is 0 Å². The second-order valence-electron chi connectivity index (χ2n) is 6.90. The third-order valence-electron chi connectivity index (χ3n) is 4.97. The fourth-order valence-electron chi connectivity index (χ4n) is 3.26. The molecule has 0 bridgehead atoms. The Labute approximate surface area is 169 Å². The van der Waals surface area contributed by atoms with Crippen LogP contribution < -0.4 is 10.6 Å². The van der Waals surface area contributed by atoms with Crippen molar-refractivity contribution in [2.24, 2.45) is 4.99 Å². The van der Waals surface area contributed by atoms with Gasteiger partial charge in [0.05, 0.1) is 5.56 Å². The number of halogens is 4. The summed E-state index contributed by atoms with van der Waals surface area (Å²) in [4.78, 5) is 6.55. The molecule has 2 fully saturated rings. The van der Waals surface area contributed by atoms with Crippen molar-refractivity contribution in [3.05, 3.63) is 35.4 Å². The summed E-state index contributed by atoms with van der Waals surface area (Å²) in [5.74, 6) is 0.853. The summed E-state index contributed by atoms with van der Waals surface area (Å²) in [7, 11) is 1.78. The van der Waals surface area contributed by atoms with E-state index in [0.717, 1.165) is 43.2 Å². The molecule has 1 unspecified atom stereocenters. The first kappa shape index (κ1) is 21.3. The van der Waals surface area contributed by atoms with Crippen LogP contribution in [0.5, 0.6) is 0 Å². The van der Waals surface area contributed by atoms with Crippen molar-refractivity contribution < 1.29 is 13.2 Å². The summed E-state index contributed by atoms with van der Waals surface area (Å²) in [5.41, 5.74) is 0.314. The van der Waals surface area contributed by atoms with Crippen molar-refractivity contribution in [2.45, 2.75) is 50.5 Å². The molecule has 2 N–H and O–H groups in total. The van der Waals surface area contributed by atoms with Crippen molar-refractivity contribution in [2.75, 3.05) is 20.1 Å². The molecule has 26 heavy (non-hydrogen) atoms. The molecule has 1 heterocycles. The maximum absolute atomic E-state index is 12.6. The Morgan fingerprint density at radius 2 is 1.77 bits per heavy atom. The molecular formula is C18H26F3IN4. The van der Waals surface area contributed by atoms with Gasteiger partial charge in [-0.2, -0.15) is 13.2 Å². The number of alkyl halides is 3. The van der Waals surface area contributed by atoms with Gasteiger partial charge in [0.15, 0.2) is 5.96 Å². The quantitative estimate of drug-likeness (QED) is 0.392. The monoisotopic (exact) mass is 482 g/mol. The summed E-state index contributed by atoms with van der Waals surface area (Å²) in [5, 5.41) is 6.89. The zero-order valence-electron chi connectivity index (χ0n) is 14.9. The molecule has 1 saturated heterocycles. The highest BCUT2D eigenvalue weighted by atomic mass is 127. The minimum atomic E-state index is -4.27. The molecule has 1 atom stereocenters. The first-order valence-corrected chi connectivity index (χ1v) is 8.82. The van der Waals surface area contributed by atoms with Crippen LogP contribution in [0.4, 0.5) is 13.2 Å². The first-order valence-electron chi connectivity index (χ1n) is 8.82. The van der Waals surface area contributed by atoms with Crippen LogP contribution in [0.1, 0.15) is 36.8 Å². The predicted molar refractivity (Wildman–Crippen MR) is 108 cm³/mol.